The molecule has 0 bridgehead atoms. The maximum absolute atomic E-state index is 11.3. The summed E-state index contributed by atoms with van der Waals surface area (Å²) in [7, 11) is 1.50. The highest BCUT2D eigenvalue weighted by atomic mass is 16.4. The van der Waals surface area contributed by atoms with Crippen LogP contribution >= 0.6 is 0 Å². The molecule has 0 saturated heterocycles. The molecule has 0 unspecified atom stereocenters. The molecular weight excluding hydrogens is 194 g/mol. The smallest absolute Gasteiger partial charge is 0.323 e. The molecule has 0 spiro atoms. The van der Waals surface area contributed by atoms with Crippen molar-refractivity contribution in [3.8, 4) is 0 Å². The minimum Gasteiger partial charge on any atom is -0.480 e. The van der Waals surface area contributed by atoms with Crippen LogP contribution in [0.1, 0.15) is 32.6 Å². The molecular formula is C11H19NO3. The summed E-state index contributed by atoms with van der Waals surface area (Å²) < 4.78 is 0. The Morgan fingerprint density at radius 1 is 1.33 bits per heavy atom. The fourth-order valence-electron chi connectivity index (χ4n) is 1.07. The van der Waals surface area contributed by atoms with Gasteiger partial charge < -0.3 is 10.0 Å². The van der Waals surface area contributed by atoms with Gasteiger partial charge in [0.25, 0.3) is 0 Å². The zero-order chi connectivity index (χ0) is 11.7. The Bertz CT molecular complexity index is 236. The molecule has 4 nitrogen and oxygen atoms in total. The minimum atomic E-state index is -0.985. The summed E-state index contributed by atoms with van der Waals surface area (Å²) in [5, 5.41) is 8.46. The Morgan fingerprint density at radius 3 is 2.53 bits per heavy atom. The third-order valence-corrected chi connectivity index (χ3v) is 1.98. The van der Waals surface area contributed by atoms with E-state index >= 15 is 0 Å². The van der Waals surface area contributed by atoms with Crippen LogP contribution in [0.25, 0.3) is 0 Å². The van der Waals surface area contributed by atoms with E-state index in [1.165, 1.54) is 11.9 Å². The lowest BCUT2D eigenvalue weighted by Gasteiger charge is -2.12. The van der Waals surface area contributed by atoms with Gasteiger partial charge in [0, 0.05) is 13.5 Å². The second-order valence-corrected chi connectivity index (χ2v) is 3.46. The quantitative estimate of drug-likeness (QED) is 0.517. The lowest BCUT2D eigenvalue weighted by molar-refractivity contribution is -0.143. The predicted octanol–water partition coefficient (Wildman–Crippen LogP) is 1.67. The highest BCUT2D eigenvalue weighted by molar-refractivity contribution is 5.81. The number of hydrogen-bond acceptors (Lipinski definition) is 2. The molecule has 0 atom stereocenters. The van der Waals surface area contributed by atoms with Gasteiger partial charge in [-0.2, -0.15) is 0 Å². The van der Waals surface area contributed by atoms with Crippen molar-refractivity contribution >= 4 is 11.9 Å². The van der Waals surface area contributed by atoms with Crippen molar-refractivity contribution in [2.24, 2.45) is 0 Å². The van der Waals surface area contributed by atoms with Crippen molar-refractivity contribution in [2.45, 2.75) is 32.6 Å². The number of unbranched alkanes of at least 4 members (excludes halogenated alkanes) is 2. The molecule has 1 amide bonds. The lowest BCUT2D eigenvalue weighted by Crippen LogP contribution is -2.31. The number of carboxylic acids is 1. The zero-order valence-electron chi connectivity index (χ0n) is 9.40. The Balaban J connectivity index is 3.72. The van der Waals surface area contributed by atoms with Gasteiger partial charge in [0.2, 0.25) is 5.91 Å². The van der Waals surface area contributed by atoms with E-state index in [-0.39, 0.29) is 18.9 Å². The largest absolute Gasteiger partial charge is 0.480 e. The van der Waals surface area contributed by atoms with Crippen LogP contribution < -0.4 is 0 Å². The summed E-state index contributed by atoms with van der Waals surface area (Å²) in [6, 6.07) is 0. The molecule has 0 aromatic carbocycles. The number of hydrogen-bond donors (Lipinski definition) is 1. The van der Waals surface area contributed by atoms with E-state index < -0.39 is 5.97 Å². The van der Waals surface area contributed by atoms with Gasteiger partial charge in [-0.05, 0) is 6.42 Å². The first kappa shape index (κ1) is 13.7. The molecule has 0 aliphatic heterocycles. The number of carboxylic acid groups (broad SMARTS) is 1. The van der Waals surface area contributed by atoms with Crippen LogP contribution in [0.3, 0.4) is 0 Å². The Kier molecular flexibility index (Phi) is 7.32. The molecule has 4 heteroatoms. The molecule has 0 rings (SSSR count). The van der Waals surface area contributed by atoms with Crippen LogP contribution in [0.15, 0.2) is 12.2 Å². The van der Waals surface area contributed by atoms with E-state index in [4.69, 9.17) is 5.11 Å². The summed E-state index contributed by atoms with van der Waals surface area (Å²) in [5.74, 6) is -1.15. The lowest BCUT2D eigenvalue weighted by atomic mass is 10.2. The Hall–Kier alpha value is -1.32. The summed E-state index contributed by atoms with van der Waals surface area (Å²) in [6.45, 7) is 1.88. The summed E-state index contributed by atoms with van der Waals surface area (Å²) >= 11 is 0. The van der Waals surface area contributed by atoms with Crippen molar-refractivity contribution in [3.05, 3.63) is 12.2 Å². The van der Waals surface area contributed by atoms with E-state index in [9.17, 15) is 9.59 Å². The van der Waals surface area contributed by atoms with Gasteiger partial charge in [-0.1, -0.05) is 31.9 Å². The SMILES string of the molecule is CCCC/C=C/CC(=O)N(C)CC(=O)O. The number of carbonyl (C=O) groups excluding carboxylic acids is 1. The molecule has 0 heterocycles. The molecule has 0 aromatic rings. The van der Waals surface area contributed by atoms with Crippen molar-refractivity contribution in [2.75, 3.05) is 13.6 Å². The third-order valence-electron chi connectivity index (χ3n) is 1.98. The highest BCUT2D eigenvalue weighted by Crippen LogP contribution is 1.98. The van der Waals surface area contributed by atoms with Crippen molar-refractivity contribution in [3.63, 3.8) is 0 Å². The maximum Gasteiger partial charge on any atom is 0.323 e. The summed E-state index contributed by atoms with van der Waals surface area (Å²) in [5.41, 5.74) is 0. The average molecular weight is 213 g/mol. The van der Waals surface area contributed by atoms with Crippen LogP contribution in [0, 0.1) is 0 Å². The van der Waals surface area contributed by atoms with E-state index in [0.717, 1.165) is 19.3 Å². The van der Waals surface area contributed by atoms with Gasteiger partial charge in [0.1, 0.15) is 6.54 Å². The van der Waals surface area contributed by atoms with Gasteiger partial charge in [-0.15, -0.1) is 0 Å². The van der Waals surface area contributed by atoms with E-state index in [0.29, 0.717) is 0 Å². The number of rotatable bonds is 7. The van der Waals surface area contributed by atoms with Crippen LogP contribution in [-0.4, -0.2) is 35.5 Å². The van der Waals surface area contributed by atoms with E-state index in [1.807, 2.05) is 6.08 Å². The van der Waals surface area contributed by atoms with E-state index in [1.54, 1.807) is 6.08 Å². The normalized spacial score (nSPS) is 10.5. The zero-order valence-corrected chi connectivity index (χ0v) is 9.40. The van der Waals surface area contributed by atoms with Crippen molar-refractivity contribution in [1.29, 1.82) is 0 Å². The molecule has 0 aromatic heterocycles. The molecule has 0 aliphatic rings. The molecule has 0 fully saturated rings. The topological polar surface area (TPSA) is 57.6 Å². The maximum atomic E-state index is 11.3. The van der Waals surface area contributed by atoms with Crippen molar-refractivity contribution < 1.29 is 14.7 Å². The first-order valence-electron chi connectivity index (χ1n) is 5.18. The van der Waals surface area contributed by atoms with Crippen molar-refractivity contribution in [1.82, 2.24) is 4.90 Å². The first-order chi connectivity index (χ1) is 7.07. The average Bonchev–Trinajstić information content (AvgIpc) is 2.16. The van der Waals surface area contributed by atoms with Crippen LogP contribution in [0.5, 0.6) is 0 Å². The Labute approximate surface area is 90.6 Å². The monoisotopic (exact) mass is 213 g/mol. The summed E-state index contributed by atoms with van der Waals surface area (Å²) in [4.78, 5) is 22.9. The van der Waals surface area contributed by atoms with E-state index in [2.05, 4.69) is 6.92 Å². The molecule has 0 radical (unpaired) electrons. The highest BCUT2D eigenvalue weighted by Gasteiger charge is 2.09. The number of nitrogens with zero attached hydrogens (tertiary/aromatic N) is 1. The number of allylic oxidation sites excluding steroid dienone is 1. The fourth-order valence-corrected chi connectivity index (χ4v) is 1.07. The first-order valence-corrected chi connectivity index (χ1v) is 5.18. The number of aliphatic carboxylic acids is 1. The minimum absolute atomic E-state index is 0.162. The van der Waals surface area contributed by atoms with Gasteiger partial charge >= 0.3 is 5.97 Å². The second-order valence-electron chi connectivity index (χ2n) is 3.46. The standard InChI is InChI=1S/C11H19NO3/c1-3-4-5-6-7-8-10(13)12(2)9-11(14)15/h6-7H,3-5,8-9H2,1-2H3,(H,14,15)/b7-6+. The molecule has 0 aliphatic carbocycles. The van der Waals surface area contributed by atoms with Gasteiger partial charge in [-0.25, -0.2) is 0 Å². The van der Waals surface area contributed by atoms with Crippen LogP contribution in [0.4, 0.5) is 0 Å². The van der Waals surface area contributed by atoms with Gasteiger partial charge in [0.05, 0.1) is 0 Å². The molecule has 15 heavy (non-hydrogen) atoms. The second kappa shape index (κ2) is 8.03. The molecule has 1 N–H and O–H groups in total. The van der Waals surface area contributed by atoms with Gasteiger partial charge in [-0.3, -0.25) is 9.59 Å². The van der Waals surface area contributed by atoms with Crippen LogP contribution in [0.2, 0.25) is 0 Å². The molecule has 86 valence electrons. The van der Waals surface area contributed by atoms with Crippen LogP contribution in [-0.2, 0) is 9.59 Å². The molecule has 0 saturated carbocycles. The predicted molar refractivity (Wildman–Crippen MR) is 58.6 cm³/mol. The number of likely N-dealkylation sites (N-methyl/N-ethyl adjacent to an activating group) is 1. The summed E-state index contributed by atoms with van der Waals surface area (Å²) in [6.07, 6.45) is 7.29. The third kappa shape index (κ3) is 7.73. The fraction of sp³-hybridized carbons (Fsp3) is 0.636. The number of amides is 1. The Morgan fingerprint density at radius 2 is 2.00 bits per heavy atom. The number of carbonyl (C=O) groups is 2. The van der Waals surface area contributed by atoms with Gasteiger partial charge in [0.15, 0.2) is 0 Å².